The number of ether oxygens (including phenoxy) is 2. The predicted octanol–water partition coefficient (Wildman–Crippen LogP) is 4.14. The quantitative estimate of drug-likeness (QED) is 0.164. The van der Waals surface area contributed by atoms with Crippen LogP contribution in [0.1, 0.15) is 22.8 Å². The van der Waals surface area contributed by atoms with Crippen molar-refractivity contribution in [1.29, 1.82) is 0 Å². The first kappa shape index (κ1) is 20.6. The molecular formula is C20H17BrFNO4. The van der Waals surface area contributed by atoms with Crippen LogP contribution in [-0.4, -0.2) is 31.3 Å². The van der Waals surface area contributed by atoms with Gasteiger partial charge in [0.25, 0.3) is 0 Å². The van der Waals surface area contributed by atoms with Crippen molar-refractivity contribution in [2.75, 3.05) is 13.7 Å². The number of methoxy groups -OCH3 is 1. The van der Waals surface area contributed by atoms with Crippen LogP contribution in [0.5, 0.6) is 5.75 Å². The minimum absolute atomic E-state index is 0.0662. The van der Waals surface area contributed by atoms with E-state index < -0.39 is 23.1 Å². The molecule has 2 aromatic rings. The minimum atomic E-state index is -0.902. The summed E-state index contributed by atoms with van der Waals surface area (Å²) in [6.45, 7) is 1.85. The van der Waals surface area contributed by atoms with Gasteiger partial charge in [0.2, 0.25) is 5.78 Å². The van der Waals surface area contributed by atoms with Crippen molar-refractivity contribution in [3.05, 3.63) is 69.5 Å². The lowest BCUT2D eigenvalue weighted by Crippen LogP contribution is -2.18. The molecule has 0 aliphatic rings. The summed E-state index contributed by atoms with van der Waals surface area (Å²) < 4.78 is 24.5. The van der Waals surface area contributed by atoms with Crippen molar-refractivity contribution < 1.29 is 23.5 Å². The van der Waals surface area contributed by atoms with E-state index in [-0.39, 0.29) is 18.7 Å². The fourth-order valence-corrected chi connectivity index (χ4v) is 2.50. The minimum Gasteiger partial charge on any atom is -0.497 e. The first-order chi connectivity index (χ1) is 13.0. The molecular weight excluding hydrogens is 417 g/mol. The van der Waals surface area contributed by atoms with Crippen molar-refractivity contribution >= 4 is 33.6 Å². The lowest BCUT2D eigenvalue weighted by molar-refractivity contribution is -0.137. The third-order valence-electron chi connectivity index (χ3n) is 3.49. The number of ketones is 1. The van der Waals surface area contributed by atoms with E-state index in [9.17, 15) is 14.0 Å². The average Bonchev–Trinajstić information content (AvgIpc) is 2.67. The number of esters is 1. The first-order valence-corrected chi connectivity index (χ1v) is 8.84. The zero-order valence-electron chi connectivity index (χ0n) is 14.8. The third-order valence-corrected chi connectivity index (χ3v) is 3.98. The molecule has 0 N–H and O–H groups in total. The Morgan fingerprint density at radius 2 is 1.89 bits per heavy atom. The maximum atomic E-state index is 14.0. The van der Waals surface area contributed by atoms with Crippen LogP contribution < -0.4 is 4.74 Å². The highest BCUT2D eigenvalue weighted by Gasteiger charge is 2.24. The number of benzene rings is 2. The van der Waals surface area contributed by atoms with E-state index in [1.807, 2.05) is 0 Å². The number of hydrogen-bond donors (Lipinski definition) is 0. The molecule has 0 amide bonds. The van der Waals surface area contributed by atoms with Crippen LogP contribution in [0.2, 0.25) is 0 Å². The normalized spacial score (nSPS) is 9.93. The molecule has 140 valence electrons. The maximum Gasteiger partial charge on any atom is 0.351 e. The molecule has 0 bridgehead atoms. The monoisotopic (exact) mass is 433 g/mol. The standard InChI is InChI=1S/C20H17BrFNO4/c1-3-27-20(25)17(19(24)16-10-14(21)6-9-18(16)22)12-23-11-13-4-7-15(26-2)8-5-13/h4-10H,3,11H2,1-2H3. The summed E-state index contributed by atoms with van der Waals surface area (Å²) in [5.41, 5.74) is 0.106. The van der Waals surface area contributed by atoms with E-state index in [1.54, 1.807) is 38.3 Å². The Hall–Kier alpha value is -2.76. The molecule has 0 heterocycles. The SMILES string of the molecule is CCOC(=O)C(=C=NCc1ccc(OC)cc1)C(=O)c1cc(Br)ccc1F. The number of carbonyl (C=O) groups is 2. The fraction of sp³-hybridized carbons (Fsp3) is 0.200. The molecule has 27 heavy (non-hydrogen) atoms. The van der Waals surface area contributed by atoms with Crippen molar-refractivity contribution in [1.82, 2.24) is 0 Å². The molecule has 5 nitrogen and oxygen atoms in total. The van der Waals surface area contributed by atoms with Gasteiger partial charge in [0, 0.05) is 10.3 Å². The van der Waals surface area contributed by atoms with Crippen LogP contribution in [0.15, 0.2) is 57.5 Å². The fourth-order valence-electron chi connectivity index (χ4n) is 2.14. The van der Waals surface area contributed by atoms with E-state index in [1.165, 1.54) is 12.1 Å². The highest BCUT2D eigenvalue weighted by Crippen LogP contribution is 2.19. The molecule has 0 saturated heterocycles. The second-order valence-corrected chi connectivity index (χ2v) is 6.24. The molecule has 0 radical (unpaired) electrons. The largest absolute Gasteiger partial charge is 0.497 e. The van der Waals surface area contributed by atoms with Gasteiger partial charge in [-0.3, -0.25) is 4.79 Å². The maximum absolute atomic E-state index is 14.0. The molecule has 0 spiro atoms. The predicted molar refractivity (Wildman–Crippen MR) is 103 cm³/mol. The average molecular weight is 434 g/mol. The molecule has 0 saturated carbocycles. The number of rotatable bonds is 7. The topological polar surface area (TPSA) is 65.0 Å². The van der Waals surface area contributed by atoms with E-state index in [0.29, 0.717) is 10.2 Å². The molecule has 7 heteroatoms. The first-order valence-electron chi connectivity index (χ1n) is 8.05. The lowest BCUT2D eigenvalue weighted by Gasteiger charge is -2.05. The number of hydrogen-bond acceptors (Lipinski definition) is 5. The number of Topliss-reactive ketones (excluding diaryl/α,β-unsaturated/α-hetero) is 1. The Labute approximate surface area is 164 Å². The lowest BCUT2D eigenvalue weighted by atomic mass is 10.0. The molecule has 0 unspecified atom stereocenters. The smallest absolute Gasteiger partial charge is 0.351 e. The summed E-state index contributed by atoms with van der Waals surface area (Å²) in [4.78, 5) is 28.8. The molecule has 0 atom stereocenters. The van der Waals surface area contributed by atoms with E-state index in [4.69, 9.17) is 9.47 Å². The van der Waals surface area contributed by atoms with E-state index in [2.05, 4.69) is 26.8 Å². The Morgan fingerprint density at radius 3 is 2.52 bits per heavy atom. The second-order valence-electron chi connectivity index (χ2n) is 5.32. The summed E-state index contributed by atoms with van der Waals surface area (Å²) in [5.74, 6) is 0.638. The van der Waals surface area contributed by atoms with Crippen LogP contribution in [0, 0.1) is 5.82 Å². The zero-order chi connectivity index (χ0) is 19.8. The van der Waals surface area contributed by atoms with Gasteiger partial charge in [-0.2, -0.15) is 0 Å². The Morgan fingerprint density at radius 1 is 1.19 bits per heavy atom. The summed E-state index contributed by atoms with van der Waals surface area (Å²) >= 11 is 3.18. The van der Waals surface area contributed by atoms with E-state index in [0.717, 1.165) is 11.6 Å². The van der Waals surface area contributed by atoms with Gasteiger partial charge in [0.05, 0.1) is 25.8 Å². The van der Waals surface area contributed by atoms with Crippen molar-refractivity contribution in [3.63, 3.8) is 0 Å². The van der Waals surface area contributed by atoms with Crippen LogP contribution in [0.4, 0.5) is 4.39 Å². The van der Waals surface area contributed by atoms with Gasteiger partial charge >= 0.3 is 5.97 Å². The highest BCUT2D eigenvalue weighted by atomic mass is 79.9. The van der Waals surface area contributed by atoms with Crippen molar-refractivity contribution in [3.8, 4) is 5.75 Å². The van der Waals surface area contributed by atoms with Gasteiger partial charge in [0.1, 0.15) is 11.6 Å². The molecule has 0 aliphatic carbocycles. The van der Waals surface area contributed by atoms with Gasteiger partial charge in [0.15, 0.2) is 5.57 Å². The molecule has 0 fully saturated rings. The second kappa shape index (κ2) is 9.80. The van der Waals surface area contributed by atoms with Gasteiger partial charge < -0.3 is 9.47 Å². The number of nitrogens with zero attached hydrogens (tertiary/aromatic N) is 1. The van der Waals surface area contributed by atoms with Gasteiger partial charge in [-0.05, 0) is 42.8 Å². The third kappa shape index (κ3) is 5.61. The van der Waals surface area contributed by atoms with Gasteiger partial charge in [-0.25, -0.2) is 14.2 Å². The van der Waals surface area contributed by atoms with Gasteiger partial charge in [-0.15, -0.1) is 0 Å². The van der Waals surface area contributed by atoms with Crippen molar-refractivity contribution in [2.24, 2.45) is 4.99 Å². The molecule has 0 aliphatic heterocycles. The van der Waals surface area contributed by atoms with Crippen LogP contribution >= 0.6 is 15.9 Å². The van der Waals surface area contributed by atoms with E-state index >= 15 is 0 Å². The van der Waals surface area contributed by atoms with Crippen LogP contribution in [0.3, 0.4) is 0 Å². The van der Waals surface area contributed by atoms with Crippen LogP contribution in [0.25, 0.3) is 0 Å². The highest BCUT2D eigenvalue weighted by molar-refractivity contribution is 9.10. The molecule has 0 aromatic heterocycles. The number of aliphatic imine (C=N–C) groups is 1. The Bertz CT molecular complexity index is 903. The Kier molecular flexibility index (Phi) is 7.46. The summed E-state index contributed by atoms with van der Waals surface area (Å²) in [6, 6.07) is 11.0. The number of carbonyl (C=O) groups excluding carboxylic acids is 2. The zero-order valence-corrected chi connectivity index (χ0v) is 16.4. The summed E-state index contributed by atoms with van der Waals surface area (Å²) in [6.07, 6.45) is 0. The summed E-state index contributed by atoms with van der Waals surface area (Å²) in [5, 5.41) is 0. The van der Waals surface area contributed by atoms with Gasteiger partial charge in [-0.1, -0.05) is 28.1 Å². The molecule has 2 aromatic carbocycles. The number of halogens is 2. The molecule has 2 rings (SSSR count). The van der Waals surface area contributed by atoms with Crippen LogP contribution in [-0.2, 0) is 16.1 Å². The van der Waals surface area contributed by atoms with Crippen molar-refractivity contribution in [2.45, 2.75) is 13.5 Å². The summed E-state index contributed by atoms with van der Waals surface area (Å²) in [7, 11) is 1.56. The Balaban J connectivity index is 2.34.